The van der Waals surface area contributed by atoms with Crippen molar-refractivity contribution in [2.75, 3.05) is 13.2 Å². The number of imidazole rings is 1. The highest BCUT2D eigenvalue weighted by Gasteiger charge is 2.38. The van der Waals surface area contributed by atoms with Crippen LogP contribution in [0.5, 0.6) is 0 Å². The highest BCUT2D eigenvalue weighted by molar-refractivity contribution is 5.73. The second kappa shape index (κ2) is 9.56. The van der Waals surface area contributed by atoms with E-state index < -0.39 is 12.1 Å². The number of rotatable bonds is 5. The molecule has 1 aliphatic heterocycles. The van der Waals surface area contributed by atoms with Gasteiger partial charge in [-0.1, -0.05) is 0 Å². The van der Waals surface area contributed by atoms with E-state index in [2.05, 4.69) is 14.5 Å². The summed E-state index contributed by atoms with van der Waals surface area (Å²) in [7, 11) is 0. The Kier molecular flexibility index (Phi) is 7.43. The molecule has 3 heterocycles. The largest absolute Gasteiger partial charge is 0.490 e. The van der Waals surface area contributed by atoms with Crippen molar-refractivity contribution < 1.29 is 32.2 Å². The molecule has 1 N–H and O–H groups in total. The van der Waals surface area contributed by atoms with Crippen LogP contribution >= 0.6 is 0 Å². The maximum atomic E-state index is 10.6. The number of furan rings is 1. The summed E-state index contributed by atoms with van der Waals surface area (Å²) in [6.07, 6.45) is -0.268. The van der Waals surface area contributed by atoms with E-state index in [9.17, 15) is 13.2 Å². The van der Waals surface area contributed by atoms with Crippen LogP contribution in [0, 0.1) is 0 Å². The van der Waals surface area contributed by atoms with Crippen molar-refractivity contribution in [3.63, 3.8) is 0 Å². The molecule has 2 aromatic rings. The number of carboxylic acid groups (broad SMARTS) is 1. The van der Waals surface area contributed by atoms with Crippen molar-refractivity contribution in [3.8, 4) is 0 Å². The highest BCUT2D eigenvalue weighted by atomic mass is 19.4. The Morgan fingerprint density at radius 1 is 1.41 bits per heavy atom. The molecule has 0 aliphatic carbocycles. The number of carbonyl (C=O) groups is 1. The van der Waals surface area contributed by atoms with Crippen molar-refractivity contribution in [2.45, 2.75) is 45.8 Å². The van der Waals surface area contributed by atoms with Gasteiger partial charge in [0.15, 0.2) is 0 Å². The van der Waals surface area contributed by atoms with E-state index >= 15 is 0 Å². The molecule has 0 radical (unpaired) electrons. The maximum absolute atomic E-state index is 10.6. The molecule has 2 aromatic heterocycles. The molecule has 150 valence electrons. The molecule has 7 nitrogen and oxygen atoms in total. The number of hydrogen-bond acceptors (Lipinski definition) is 5. The standard InChI is InChI=1S/C15H21N3O2.C2HF3O2/c1-2-19-11-14-15-10-17(9-13-5-3-8-20-13)6-4-7-18(15)12-16-14;3-2(4,5)1(6)7/h3,5,8,12H,2,4,6-7,9-11H2,1H3;(H,6,7). The predicted octanol–water partition coefficient (Wildman–Crippen LogP) is 3.05. The van der Waals surface area contributed by atoms with Gasteiger partial charge in [-0.25, -0.2) is 9.78 Å². The number of aryl methyl sites for hydroxylation is 1. The topological polar surface area (TPSA) is 80.7 Å². The zero-order valence-electron chi connectivity index (χ0n) is 14.9. The Bertz CT molecular complexity index is 714. The van der Waals surface area contributed by atoms with Crippen molar-refractivity contribution in [1.29, 1.82) is 0 Å². The fourth-order valence-corrected chi connectivity index (χ4v) is 2.66. The summed E-state index contributed by atoms with van der Waals surface area (Å²) in [4.78, 5) is 15.8. The van der Waals surface area contributed by atoms with E-state index in [1.165, 1.54) is 5.69 Å². The van der Waals surface area contributed by atoms with Crippen LogP contribution in [-0.2, 0) is 35.8 Å². The number of alkyl halides is 3. The second-order valence-corrected chi connectivity index (χ2v) is 5.91. The molecule has 0 fully saturated rings. The lowest BCUT2D eigenvalue weighted by atomic mass is 10.3. The molecule has 3 rings (SSSR count). The molecule has 0 bridgehead atoms. The van der Waals surface area contributed by atoms with Crippen molar-refractivity contribution >= 4 is 5.97 Å². The van der Waals surface area contributed by atoms with Gasteiger partial charge in [0, 0.05) is 26.2 Å². The number of hydrogen-bond donors (Lipinski definition) is 1. The molecule has 0 atom stereocenters. The first kappa shape index (κ1) is 21.0. The van der Waals surface area contributed by atoms with Crippen LogP contribution in [0.15, 0.2) is 29.1 Å². The molecular formula is C17H22F3N3O4. The van der Waals surface area contributed by atoms with Crippen LogP contribution < -0.4 is 0 Å². The summed E-state index contributed by atoms with van der Waals surface area (Å²) in [6.45, 7) is 7.21. The number of carboxylic acids is 1. The third kappa shape index (κ3) is 6.40. The summed E-state index contributed by atoms with van der Waals surface area (Å²) in [6, 6.07) is 3.97. The Balaban J connectivity index is 0.000000321. The van der Waals surface area contributed by atoms with Crippen LogP contribution in [-0.4, -0.2) is 44.9 Å². The second-order valence-electron chi connectivity index (χ2n) is 5.91. The van der Waals surface area contributed by atoms with Crippen LogP contribution in [0.1, 0.15) is 30.5 Å². The lowest BCUT2D eigenvalue weighted by Crippen LogP contribution is -2.23. The van der Waals surface area contributed by atoms with Gasteiger partial charge in [-0.15, -0.1) is 0 Å². The number of nitrogens with zero attached hydrogens (tertiary/aromatic N) is 3. The first-order valence-corrected chi connectivity index (χ1v) is 8.46. The summed E-state index contributed by atoms with van der Waals surface area (Å²) in [5.41, 5.74) is 2.35. The van der Waals surface area contributed by atoms with Gasteiger partial charge in [-0.05, 0) is 25.5 Å². The first-order chi connectivity index (χ1) is 12.8. The number of aliphatic carboxylic acids is 1. The molecule has 1 aliphatic rings. The number of aromatic nitrogens is 2. The molecule has 0 unspecified atom stereocenters. The van der Waals surface area contributed by atoms with E-state index in [4.69, 9.17) is 19.1 Å². The minimum Gasteiger partial charge on any atom is -0.475 e. The molecule has 27 heavy (non-hydrogen) atoms. The van der Waals surface area contributed by atoms with E-state index in [1.54, 1.807) is 6.26 Å². The SMILES string of the molecule is CCOCc1ncn2c1CN(Cc1ccco1)CCC2.O=C(O)C(F)(F)F. The normalized spacial score (nSPS) is 14.8. The van der Waals surface area contributed by atoms with Gasteiger partial charge in [0.1, 0.15) is 5.76 Å². The Morgan fingerprint density at radius 2 is 2.15 bits per heavy atom. The van der Waals surface area contributed by atoms with Crippen LogP contribution in [0.3, 0.4) is 0 Å². The molecule has 0 spiro atoms. The lowest BCUT2D eigenvalue weighted by molar-refractivity contribution is -0.192. The van der Waals surface area contributed by atoms with E-state index in [-0.39, 0.29) is 0 Å². The molecule has 0 saturated carbocycles. The van der Waals surface area contributed by atoms with Gasteiger partial charge >= 0.3 is 12.1 Å². The van der Waals surface area contributed by atoms with Crippen LogP contribution in [0.2, 0.25) is 0 Å². The third-order valence-electron chi connectivity index (χ3n) is 3.92. The minimum absolute atomic E-state index is 0.605. The fourth-order valence-electron chi connectivity index (χ4n) is 2.66. The van der Waals surface area contributed by atoms with Gasteiger partial charge in [-0.3, -0.25) is 4.90 Å². The summed E-state index contributed by atoms with van der Waals surface area (Å²) in [5.74, 6) is -1.74. The summed E-state index contributed by atoms with van der Waals surface area (Å²) < 4.78 is 45.0. The molecule has 0 amide bonds. The third-order valence-corrected chi connectivity index (χ3v) is 3.92. The van der Waals surface area contributed by atoms with Gasteiger partial charge in [0.05, 0.1) is 37.1 Å². The van der Waals surface area contributed by atoms with Crippen molar-refractivity contribution in [1.82, 2.24) is 14.5 Å². The average molecular weight is 389 g/mol. The summed E-state index contributed by atoms with van der Waals surface area (Å²) >= 11 is 0. The maximum Gasteiger partial charge on any atom is 0.490 e. The number of halogens is 3. The molecular weight excluding hydrogens is 367 g/mol. The van der Waals surface area contributed by atoms with Gasteiger partial charge < -0.3 is 18.8 Å². The van der Waals surface area contributed by atoms with E-state index in [0.29, 0.717) is 6.61 Å². The zero-order chi connectivity index (χ0) is 19.9. The van der Waals surface area contributed by atoms with Gasteiger partial charge in [0.2, 0.25) is 0 Å². The zero-order valence-corrected chi connectivity index (χ0v) is 14.9. The Morgan fingerprint density at radius 3 is 2.74 bits per heavy atom. The molecule has 10 heteroatoms. The van der Waals surface area contributed by atoms with Gasteiger partial charge in [0.25, 0.3) is 0 Å². The van der Waals surface area contributed by atoms with E-state index in [1.807, 2.05) is 25.4 Å². The lowest BCUT2D eigenvalue weighted by Gasteiger charge is -2.18. The van der Waals surface area contributed by atoms with E-state index in [0.717, 1.165) is 50.7 Å². The fraction of sp³-hybridized carbons (Fsp3) is 0.529. The predicted molar refractivity (Wildman–Crippen MR) is 88.7 cm³/mol. The number of fused-ring (bicyclic) bond motifs is 1. The van der Waals surface area contributed by atoms with Crippen molar-refractivity contribution in [2.24, 2.45) is 0 Å². The average Bonchev–Trinajstić information content (AvgIpc) is 3.19. The monoisotopic (exact) mass is 389 g/mol. The quantitative estimate of drug-likeness (QED) is 0.847. The van der Waals surface area contributed by atoms with Crippen molar-refractivity contribution in [3.05, 3.63) is 41.9 Å². The number of ether oxygens (including phenoxy) is 1. The molecule has 0 saturated heterocycles. The minimum atomic E-state index is -5.08. The first-order valence-electron chi connectivity index (χ1n) is 8.46. The van der Waals surface area contributed by atoms with Gasteiger partial charge in [-0.2, -0.15) is 13.2 Å². The van der Waals surface area contributed by atoms with Crippen LogP contribution in [0.4, 0.5) is 13.2 Å². The summed E-state index contributed by atoms with van der Waals surface area (Å²) in [5, 5.41) is 7.12. The smallest absolute Gasteiger partial charge is 0.475 e. The molecule has 0 aromatic carbocycles. The Labute approximate surface area is 154 Å². The van der Waals surface area contributed by atoms with Crippen LogP contribution in [0.25, 0.3) is 0 Å². The Hall–Kier alpha value is -2.33. The highest BCUT2D eigenvalue weighted by Crippen LogP contribution is 2.19.